The highest BCUT2D eigenvalue weighted by Crippen LogP contribution is 2.08. The van der Waals surface area contributed by atoms with Crippen molar-refractivity contribution in [3.05, 3.63) is 35.4 Å². The quantitative estimate of drug-likeness (QED) is 0.861. The summed E-state index contributed by atoms with van der Waals surface area (Å²) in [6.07, 6.45) is 1.09. The van der Waals surface area contributed by atoms with Crippen LogP contribution in [-0.4, -0.2) is 44.0 Å². The molecule has 118 valence electrons. The van der Waals surface area contributed by atoms with E-state index in [4.69, 9.17) is 0 Å². The van der Waals surface area contributed by atoms with Crippen molar-refractivity contribution in [2.75, 3.05) is 19.3 Å². The van der Waals surface area contributed by atoms with Gasteiger partial charge in [0.2, 0.25) is 10.0 Å². The molecule has 1 amide bonds. The molecule has 0 unspecified atom stereocenters. The van der Waals surface area contributed by atoms with Gasteiger partial charge in [0.1, 0.15) is 0 Å². The molecule has 8 heteroatoms. The average molecular weight is 320 g/mol. The van der Waals surface area contributed by atoms with Gasteiger partial charge in [0.15, 0.2) is 11.6 Å². The third kappa shape index (κ3) is 5.05. The van der Waals surface area contributed by atoms with Gasteiger partial charge < -0.3 is 5.32 Å². The topological polar surface area (TPSA) is 66.5 Å². The number of carbonyl (C=O) groups is 1. The summed E-state index contributed by atoms with van der Waals surface area (Å²) in [5.41, 5.74) is -0.0237. The lowest BCUT2D eigenvalue weighted by Gasteiger charge is -2.23. The number of rotatable bonds is 6. The van der Waals surface area contributed by atoms with Crippen molar-refractivity contribution < 1.29 is 22.0 Å². The molecule has 1 rings (SSSR count). The SMILES string of the molecule is CC(C)N(CCNC(=O)c1ccc(F)c(F)c1)S(C)(=O)=O. The largest absolute Gasteiger partial charge is 0.351 e. The molecular formula is C13H18F2N2O3S. The van der Waals surface area contributed by atoms with Crippen molar-refractivity contribution in [3.8, 4) is 0 Å². The second-order valence-corrected chi connectivity index (χ2v) is 6.79. The Hall–Kier alpha value is -1.54. The maximum atomic E-state index is 13.0. The first kappa shape index (κ1) is 17.5. The van der Waals surface area contributed by atoms with Crippen molar-refractivity contribution in [1.29, 1.82) is 0 Å². The van der Waals surface area contributed by atoms with E-state index in [2.05, 4.69) is 5.32 Å². The molecule has 0 saturated heterocycles. The molecule has 0 spiro atoms. The fourth-order valence-corrected chi connectivity index (χ4v) is 3.01. The number of halogens is 2. The third-order valence-corrected chi connectivity index (χ3v) is 4.26. The summed E-state index contributed by atoms with van der Waals surface area (Å²) < 4.78 is 50.0. The van der Waals surface area contributed by atoms with Gasteiger partial charge in [-0.1, -0.05) is 0 Å². The summed E-state index contributed by atoms with van der Waals surface area (Å²) in [7, 11) is -3.37. The first-order valence-corrected chi connectivity index (χ1v) is 8.18. The van der Waals surface area contributed by atoms with Gasteiger partial charge >= 0.3 is 0 Å². The lowest BCUT2D eigenvalue weighted by molar-refractivity contribution is 0.0950. The van der Waals surface area contributed by atoms with Gasteiger partial charge in [-0.05, 0) is 32.0 Å². The van der Waals surface area contributed by atoms with E-state index >= 15 is 0 Å². The molecule has 1 aromatic carbocycles. The summed E-state index contributed by atoms with van der Waals surface area (Å²) >= 11 is 0. The number of benzene rings is 1. The Bertz CT molecular complexity index is 618. The molecule has 0 aliphatic rings. The Morgan fingerprint density at radius 2 is 1.90 bits per heavy atom. The van der Waals surface area contributed by atoms with E-state index in [-0.39, 0.29) is 24.7 Å². The van der Waals surface area contributed by atoms with E-state index in [0.717, 1.165) is 24.5 Å². The van der Waals surface area contributed by atoms with E-state index < -0.39 is 27.6 Å². The van der Waals surface area contributed by atoms with Crippen LogP contribution in [0.3, 0.4) is 0 Å². The van der Waals surface area contributed by atoms with Crippen LogP contribution in [0.15, 0.2) is 18.2 Å². The molecule has 0 fully saturated rings. The minimum Gasteiger partial charge on any atom is -0.351 e. The number of sulfonamides is 1. The van der Waals surface area contributed by atoms with Crippen molar-refractivity contribution in [1.82, 2.24) is 9.62 Å². The Kier molecular flexibility index (Phi) is 5.79. The average Bonchev–Trinajstić information content (AvgIpc) is 2.35. The van der Waals surface area contributed by atoms with E-state index in [0.29, 0.717) is 0 Å². The van der Waals surface area contributed by atoms with E-state index in [1.807, 2.05) is 0 Å². The van der Waals surface area contributed by atoms with Crippen LogP contribution in [0.2, 0.25) is 0 Å². The number of carbonyl (C=O) groups excluding carboxylic acids is 1. The maximum absolute atomic E-state index is 13.0. The summed E-state index contributed by atoms with van der Waals surface area (Å²) in [5.74, 6) is -2.73. The number of hydrogen-bond acceptors (Lipinski definition) is 3. The minimum atomic E-state index is -3.37. The van der Waals surface area contributed by atoms with Crippen LogP contribution in [0.4, 0.5) is 8.78 Å². The molecule has 1 N–H and O–H groups in total. The number of amides is 1. The first-order chi connectivity index (χ1) is 9.62. The molecule has 0 atom stereocenters. The Morgan fingerprint density at radius 3 is 2.38 bits per heavy atom. The fourth-order valence-electron chi connectivity index (χ4n) is 1.83. The van der Waals surface area contributed by atoms with Crippen LogP contribution in [0.25, 0.3) is 0 Å². The lowest BCUT2D eigenvalue weighted by atomic mass is 10.2. The van der Waals surface area contributed by atoms with Gasteiger partial charge in [-0.25, -0.2) is 17.2 Å². The molecule has 21 heavy (non-hydrogen) atoms. The van der Waals surface area contributed by atoms with Crippen LogP contribution < -0.4 is 5.32 Å². The molecule has 0 saturated carbocycles. The zero-order valence-corrected chi connectivity index (χ0v) is 12.9. The molecule has 0 aliphatic heterocycles. The predicted octanol–water partition coefficient (Wildman–Crippen LogP) is 1.36. The molecule has 0 aliphatic carbocycles. The fraction of sp³-hybridized carbons (Fsp3) is 0.462. The minimum absolute atomic E-state index is 0.0237. The van der Waals surface area contributed by atoms with Crippen LogP contribution in [-0.2, 0) is 10.0 Å². The van der Waals surface area contributed by atoms with E-state index in [1.54, 1.807) is 13.8 Å². The van der Waals surface area contributed by atoms with E-state index in [1.165, 1.54) is 4.31 Å². The second kappa shape index (κ2) is 6.95. The molecule has 0 radical (unpaired) electrons. The van der Waals surface area contributed by atoms with Crippen molar-refractivity contribution in [3.63, 3.8) is 0 Å². The Labute approximate surface area is 123 Å². The predicted molar refractivity (Wildman–Crippen MR) is 75.4 cm³/mol. The van der Waals surface area contributed by atoms with Crippen LogP contribution in [0.5, 0.6) is 0 Å². The monoisotopic (exact) mass is 320 g/mol. The normalized spacial score (nSPS) is 12.0. The second-order valence-electron chi connectivity index (χ2n) is 4.85. The lowest BCUT2D eigenvalue weighted by Crippen LogP contribution is -2.41. The molecule has 5 nitrogen and oxygen atoms in total. The molecule has 0 heterocycles. The zero-order chi connectivity index (χ0) is 16.2. The molecular weight excluding hydrogens is 302 g/mol. The first-order valence-electron chi connectivity index (χ1n) is 6.33. The molecule has 1 aromatic rings. The highest BCUT2D eigenvalue weighted by atomic mass is 32.2. The molecule has 0 aromatic heterocycles. The number of nitrogens with one attached hydrogen (secondary N) is 1. The van der Waals surface area contributed by atoms with Crippen LogP contribution in [0, 0.1) is 11.6 Å². The van der Waals surface area contributed by atoms with Crippen molar-refractivity contribution >= 4 is 15.9 Å². The van der Waals surface area contributed by atoms with Crippen LogP contribution in [0.1, 0.15) is 24.2 Å². The summed E-state index contributed by atoms with van der Waals surface area (Å²) in [6.45, 7) is 3.62. The Morgan fingerprint density at radius 1 is 1.29 bits per heavy atom. The van der Waals surface area contributed by atoms with Gasteiger partial charge in [-0.3, -0.25) is 4.79 Å². The van der Waals surface area contributed by atoms with Gasteiger partial charge in [0.05, 0.1) is 6.26 Å². The van der Waals surface area contributed by atoms with Crippen molar-refractivity contribution in [2.24, 2.45) is 0 Å². The van der Waals surface area contributed by atoms with Crippen LogP contribution >= 0.6 is 0 Å². The zero-order valence-electron chi connectivity index (χ0n) is 12.1. The van der Waals surface area contributed by atoms with Crippen molar-refractivity contribution in [2.45, 2.75) is 19.9 Å². The highest BCUT2D eigenvalue weighted by Gasteiger charge is 2.19. The van der Waals surface area contributed by atoms with Gasteiger partial charge in [0.25, 0.3) is 5.91 Å². The van der Waals surface area contributed by atoms with E-state index in [9.17, 15) is 22.0 Å². The molecule has 0 bridgehead atoms. The standard InChI is InChI=1S/C13H18F2N2O3S/c1-9(2)17(21(3,19)20)7-6-16-13(18)10-4-5-11(14)12(15)8-10/h4-5,8-9H,6-7H2,1-3H3,(H,16,18). The summed E-state index contributed by atoms with van der Waals surface area (Å²) in [6, 6.07) is 2.58. The summed E-state index contributed by atoms with van der Waals surface area (Å²) in [5, 5.41) is 2.47. The van der Waals surface area contributed by atoms with Gasteiger partial charge in [-0.2, -0.15) is 4.31 Å². The number of hydrogen-bond donors (Lipinski definition) is 1. The maximum Gasteiger partial charge on any atom is 0.251 e. The Balaban J connectivity index is 2.62. The smallest absolute Gasteiger partial charge is 0.251 e. The number of nitrogens with zero attached hydrogens (tertiary/aromatic N) is 1. The summed E-state index contributed by atoms with van der Waals surface area (Å²) in [4.78, 5) is 11.7. The van der Waals surface area contributed by atoms with Gasteiger partial charge in [-0.15, -0.1) is 0 Å². The third-order valence-electron chi connectivity index (χ3n) is 2.80. The van der Waals surface area contributed by atoms with Gasteiger partial charge in [0, 0.05) is 24.7 Å². The highest BCUT2D eigenvalue weighted by molar-refractivity contribution is 7.88.